The van der Waals surface area contributed by atoms with Gasteiger partial charge in [-0.25, -0.2) is 4.99 Å². The number of methoxy groups -OCH3 is 2. The van der Waals surface area contributed by atoms with Gasteiger partial charge in [0.05, 0.1) is 30.5 Å². The van der Waals surface area contributed by atoms with Gasteiger partial charge >= 0.3 is 0 Å². The highest BCUT2D eigenvalue weighted by molar-refractivity contribution is 7.07. The topological polar surface area (TPSA) is 52.8 Å². The third-order valence-corrected chi connectivity index (χ3v) is 7.68. The Morgan fingerprint density at radius 2 is 1.74 bits per heavy atom. The van der Waals surface area contributed by atoms with Gasteiger partial charge in [0, 0.05) is 11.1 Å². The van der Waals surface area contributed by atoms with Crippen LogP contribution in [0.5, 0.6) is 11.5 Å². The largest absolute Gasteiger partial charge is 0.493 e. The van der Waals surface area contributed by atoms with E-state index in [-0.39, 0.29) is 11.6 Å². The zero-order valence-corrected chi connectivity index (χ0v) is 20.3. The smallest absolute Gasteiger partial charge is 0.271 e. The van der Waals surface area contributed by atoms with Crippen LogP contribution in [0, 0.1) is 0 Å². The first-order valence-corrected chi connectivity index (χ1v) is 12.4. The summed E-state index contributed by atoms with van der Waals surface area (Å²) in [5.74, 6) is 1.29. The van der Waals surface area contributed by atoms with E-state index in [4.69, 9.17) is 14.5 Å². The summed E-state index contributed by atoms with van der Waals surface area (Å²) in [5.41, 5.74) is 6.38. The highest BCUT2D eigenvalue weighted by Crippen LogP contribution is 2.45. The molecular weight excluding hydrogens is 456 g/mol. The van der Waals surface area contributed by atoms with Crippen molar-refractivity contribution in [3.63, 3.8) is 0 Å². The lowest BCUT2D eigenvalue weighted by Crippen LogP contribution is -2.39. The summed E-state index contributed by atoms with van der Waals surface area (Å²) in [6.07, 6.45) is 3.67. The second kappa shape index (κ2) is 8.71. The molecule has 1 atom stereocenters. The summed E-state index contributed by atoms with van der Waals surface area (Å²) in [6, 6.07) is 23.9. The van der Waals surface area contributed by atoms with E-state index in [9.17, 15) is 4.79 Å². The predicted molar refractivity (Wildman–Crippen MR) is 139 cm³/mol. The first-order valence-electron chi connectivity index (χ1n) is 11.6. The molecule has 2 aliphatic rings. The Hall–Kier alpha value is -3.90. The Labute approximate surface area is 206 Å². The van der Waals surface area contributed by atoms with E-state index in [1.54, 1.807) is 14.2 Å². The molecule has 1 unspecified atom stereocenters. The number of para-hydroxylation sites is 1. The first-order chi connectivity index (χ1) is 17.2. The number of ether oxygens (including phenoxy) is 2. The van der Waals surface area contributed by atoms with Crippen LogP contribution in [0.25, 0.3) is 11.8 Å². The van der Waals surface area contributed by atoms with Crippen LogP contribution in [0.2, 0.25) is 0 Å². The maximum Gasteiger partial charge on any atom is 0.271 e. The predicted octanol–water partition coefficient (Wildman–Crippen LogP) is 4.34. The lowest BCUT2D eigenvalue weighted by Gasteiger charge is -2.31. The molecule has 6 rings (SSSR count). The molecule has 174 valence electrons. The maximum absolute atomic E-state index is 13.9. The molecule has 0 saturated heterocycles. The molecule has 6 heteroatoms. The molecule has 4 aromatic rings. The normalized spacial score (nSPS) is 16.7. The molecule has 1 aliphatic heterocycles. The lowest BCUT2D eigenvalue weighted by molar-refractivity contribution is 0.348. The van der Waals surface area contributed by atoms with Gasteiger partial charge in [-0.2, -0.15) is 0 Å². The summed E-state index contributed by atoms with van der Waals surface area (Å²) in [6.45, 7) is 0. The van der Waals surface area contributed by atoms with Crippen molar-refractivity contribution < 1.29 is 9.47 Å². The molecule has 0 radical (unpaired) electrons. The average molecular weight is 481 g/mol. The van der Waals surface area contributed by atoms with Gasteiger partial charge in [-0.3, -0.25) is 9.36 Å². The summed E-state index contributed by atoms with van der Waals surface area (Å²) in [5, 5.41) is 0. The molecule has 0 spiro atoms. The third-order valence-electron chi connectivity index (χ3n) is 6.70. The Bertz CT molecular complexity index is 1650. The van der Waals surface area contributed by atoms with Crippen LogP contribution in [-0.2, 0) is 6.42 Å². The zero-order valence-electron chi connectivity index (χ0n) is 19.5. The second-order valence-electron chi connectivity index (χ2n) is 8.61. The molecule has 0 fully saturated rings. The highest BCUT2D eigenvalue weighted by Gasteiger charge is 2.34. The van der Waals surface area contributed by atoms with Gasteiger partial charge in [0.2, 0.25) is 0 Å². The molecule has 0 bridgehead atoms. The minimum atomic E-state index is -0.322. The summed E-state index contributed by atoms with van der Waals surface area (Å²) in [7, 11) is 3.28. The Morgan fingerprint density at radius 3 is 2.54 bits per heavy atom. The van der Waals surface area contributed by atoms with Crippen molar-refractivity contribution in [2.45, 2.75) is 18.9 Å². The van der Waals surface area contributed by atoms with Crippen molar-refractivity contribution >= 4 is 23.1 Å². The number of rotatable bonds is 4. The molecule has 1 aromatic heterocycles. The summed E-state index contributed by atoms with van der Waals surface area (Å²) >= 11 is 1.43. The Morgan fingerprint density at radius 1 is 0.943 bits per heavy atom. The van der Waals surface area contributed by atoms with Crippen LogP contribution >= 0.6 is 11.3 Å². The average Bonchev–Trinajstić information content (AvgIpc) is 3.21. The number of hydrogen-bond acceptors (Lipinski definition) is 5. The van der Waals surface area contributed by atoms with Crippen LogP contribution in [0.3, 0.4) is 0 Å². The van der Waals surface area contributed by atoms with Crippen LogP contribution in [0.4, 0.5) is 0 Å². The SMILES string of the molecule is COc1cccc(C2C3=C(N=c4sc(=Cc5ccccc5)c(=O)n42)c2ccccc2CC3)c1OC. The quantitative estimate of drug-likeness (QED) is 0.437. The minimum absolute atomic E-state index is 0.0436. The van der Waals surface area contributed by atoms with E-state index in [0.29, 0.717) is 20.8 Å². The van der Waals surface area contributed by atoms with Crippen molar-refractivity contribution in [3.8, 4) is 11.5 Å². The van der Waals surface area contributed by atoms with E-state index >= 15 is 0 Å². The fourth-order valence-electron chi connectivity index (χ4n) is 5.13. The van der Waals surface area contributed by atoms with E-state index in [1.807, 2.05) is 59.2 Å². The van der Waals surface area contributed by atoms with Crippen molar-refractivity contribution in [2.75, 3.05) is 14.2 Å². The molecule has 35 heavy (non-hydrogen) atoms. The number of benzene rings is 3. The number of allylic oxidation sites excluding steroid dienone is 1. The van der Waals surface area contributed by atoms with E-state index in [1.165, 1.54) is 16.9 Å². The van der Waals surface area contributed by atoms with Gasteiger partial charge in [0.15, 0.2) is 16.3 Å². The second-order valence-corrected chi connectivity index (χ2v) is 9.62. The molecule has 0 amide bonds. The maximum atomic E-state index is 13.9. The fraction of sp³-hybridized carbons (Fsp3) is 0.172. The van der Waals surface area contributed by atoms with Crippen LogP contribution in [0.1, 0.15) is 34.7 Å². The van der Waals surface area contributed by atoms with Gasteiger partial charge in [0.1, 0.15) is 0 Å². The van der Waals surface area contributed by atoms with Gasteiger partial charge in [0.25, 0.3) is 5.56 Å². The van der Waals surface area contributed by atoms with Crippen LogP contribution in [0.15, 0.2) is 88.2 Å². The van der Waals surface area contributed by atoms with Crippen molar-refractivity contribution in [3.05, 3.63) is 120 Å². The Balaban J connectivity index is 1.67. The minimum Gasteiger partial charge on any atom is -0.493 e. The van der Waals surface area contributed by atoms with Gasteiger partial charge in [-0.05, 0) is 41.7 Å². The van der Waals surface area contributed by atoms with Crippen LogP contribution < -0.4 is 24.4 Å². The fourth-order valence-corrected chi connectivity index (χ4v) is 6.13. The molecule has 1 aliphatic carbocycles. The molecule has 0 saturated carbocycles. The number of aromatic nitrogens is 1. The first kappa shape index (κ1) is 21.6. The lowest BCUT2D eigenvalue weighted by atomic mass is 9.83. The van der Waals surface area contributed by atoms with Crippen molar-refractivity contribution in [1.82, 2.24) is 4.57 Å². The van der Waals surface area contributed by atoms with Gasteiger partial charge in [-0.1, -0.05) is 78.1 Å². The number of aryl methyl sites for hydroxylation is 1. The number of nitrogens with zero attached hydrogens (tertiary/aromatic N) is 2. The molecule has 3 aromatic carbocycles. The standard InChI is InChI=1S/C29H24N2O3S/c1-33-23-14-8-13-22(27(23)34-2)26-21-16-15-19-11-6-7-12-20(19)25(21)30-29-31(26)28(32)24(35-29)17-18-9-4-3-5-10-18/h3-14,17,26H,15-16H2,1-2H3. The molecule has 0 N–H and O–H groups in total. The molecular formula is C29H24N2O3S. The van der Waals surface area contributed by atoms with E-state index in [0.717, 1.165) is 40.8 Å². The van der Waals surface area contributed by atoms with E-state index < -0.39 is 0 Å². The molecule has 5 nitrogen and oxygen atoms in total. The third kappa shape index (κ3) is 3.53. The summed E-state index contributed by atoms with van der Waals surface area (Å²) in [4.78, 5) is 19.6. The summed E-state index contributed by atoms with van der Waals surface area (Å²) < 4.78 is 13.9. The highest BCUT2D eigenvalue weighted by atomic mass is 32.1. The van der Waals surface area contributed by atoms with Crippen molar-refractivity contribution in [2.24, 2.45) is 4.99 Å². The van der Waals surface area contributed by atoms with Crippen LogP contribution in [-0.4, -0.2) is 18.8 Å². The zero-order chi connectivity index (χ0) is 23.9. The monoisotopic (exact) mass is 480 g/mol. The van der Waals surface area contributed by atoms with Gasteiger partial charge < -0.3 is 9.47 Å². The van der Waals surface area contributed by atoms with Crippen molar-refractivity contribution in [1.29, 1.82) is 0 Å². The van der Waals surface area contributed by atoms with Gasteiger partial charge in [-0.15, -0.1) is 0 Å². The number of fused-ring (bicyclic) bond motifs is 3. The number of thiazole rings is 1. The Kier molecular flexibility index (Phi) is 5.38. The molecule has 2 heterocycles. The number of hydrogen-bond donors (Lipinski definition) is 0. The van der Waals surface area contributed by atoms with E-state index in [2.05, 4.69) is 24.3 Å².